The maximum absolute atomic E-state index is 3.94. The molecule has 0 spiro atoms. The highest BCUT2D eigenvalue weighted by Crippen LogP contribution is 2.08. The van der Waals surface area contributed by atoms with Gasteiger partial charge in [-0.15, -0.1) is 0 Å². The molecule has 1 atom stereocenters. The minimum Gasteiger partial charge on any atom is -0.313 e. The summed E-state index contributed by atoms with van der Waals surface area (Å²) in [5, 5.41) is 3.26. The van der Waals surface area contributed by atoms with Crippen LogP contribution in [0.2, 0.25) is 0 Å². The fraction of sp³-hybridized carbons (Fsp3) is 0.833. The number of likely N-dealkylation sites (N-methyl/N-ethyl adjacent to an activating group) is 1. The molecule has 0 aromatic rings. The molecule has 0 aromatic heterocycles. The van der Waals surface area contributed by atoms with Gasteiger partial charge in [0.2, 0.25) is 0 Å². The molecule has 1 unspecified atom stereocenters. The quantitative estimate of drug-likeness (QED) is 0.491. The third-order valence-corrected chi connectivity index (χ3v) is 2.04. The van der Waals surface area contributed by atoms with Crippen molar-refractivity contribution in [1.82, 2.24) is 5.32 Å². The van der Waals surface area contributed by atoms with Crippen LogP contribution in [-0.2, 0) is 0 Å². The second-order valence-corrected chi connectivity index (χ2v) is 3.18. The summed E-state index contributed by atoms with van der Waals surface area (Å²) in [5.41, 5.74) is 1.25. The van der Waals surface area contributed by atoms with E-state index < -0.39 is 0 Å². The number of unbranched alkanes of at least 4 members (excludes halogenated alkanes) is 2. The van der Waals surface area contributed by atoms with E-state index in [0.29, 0.717) is 6.04 Å². The van der Waals surface area contributed by atoms with Crippen molar-refractivity contribution < 1.29 is 0 Å². The average molecular weight is 185 g/mol. The van der Waals surface area contributed by atoms with E-state index in [4.69, 9.17) is 0 Å². The van der Waals surface area contributed by atoms with Gasteiger partial charge in [-0.25, -0.2) is 0 Å². The molecule has 0 saturated carbocycles. The van der Waals surface area contributed by atoms with E-state index in [1.54, 1.807) is 0 Å². The van der Waals surface area contributed by atoms with Gasteiger partial charge in [-0.05, 0) is 20.4 Å². The predicted octanol–water partition coefficient (Wildman–Crippen LogP) is 3.76. The third kappa shape index (κ3) is 9.62. The summed E-state index contributed by atoms with van der Waals surface area (Å²) in [6.07, 6.45) is 5.19. The molecule has 0 heterocycles. The monoisotopic (exact) mass is 185 g/mol. The van der Waals surface area contributed by atoms with Crippen LogP contribution in [0.4, 0.5) is 0 Å². The van der Waals surface area contributed by atoms with E-state index in [2.05, 4.69) is 25.7 Å². The molecule has 0 saturated heterocycles. The van der Waals surface area contributed by atoms with Crippen molar-refractivity contribution in [2.75, 3.05) is 7.05 Å². The molecule has 1 nitrogen and oxygen atoms in total. The number of nitrogens with one attached hydrogen (secondary N) is 1. The van der Waals surface area contributed by atoms with E-state index in [-0.39, 0.29) is 0 Å². The highest BCUT2D eigenvalue weighted by Gasteiger charge is 2.04. The first-order valence-corrected chi connectivity index (χ1v) is 5.55. The van der Waals surface area contributed by atoms with Crippen LogP contribution >= 0.6 is 0 Å². The van der Waals surface area contributed by atoms with Gasteiger partial charge in [0.15, 0.2) is 0 Å². The van der Waals surface area contributed by atoms with Gasteiger partial charge in [0, 0.05) is 6.04 Å². The molecule has 0 bridgehead atoms. The molecule has 1 heteroatoms. The number of rotatable bonds is 6. The zero-order valence-corrected chi connectivity index (χ0v) is 10.1. The summed E-state index contributed by atoms with van der Waals surface area (Å²) in [6, 6.07) is 0.529. The van der Waals surface area contributed by atoms with Crippen molar-refractivity contribution in [3.8, 4) is 0 Å². The number of hydrogen-bond acceptors (Lipinski definition) is 1. The van der Waals surface area contributed by atoms with E-state index in [1.807, 2.05) is 20.9 Å². The first-order chi connectivity index (χ1) is 6.22. The third-order valence-electron chi connectivity index (χ3n) is 2.04. The lowest BCUT2D eigenvalue weighted by Gasteiger charge is -2.15. The summed E-state index contributed by atoms with van der Waals surface area (Å²) < 4.78 is 0. The maximum Gasteiger partial charge on any atom is 0.0271 e. The largest absolute Gasteiger partial charge is 0.313 e. The standard InChI is InChI=1S/C10H21N.C2H6/c1-5-6-7-8-10(11-4)9(2)3;1-2/h10-11H,2,5-8H2,1,3-4H3;1-2H3. The van der Waals surface area contributed by atoms with Gasteiger partial charge in [-0.1, -0.05) is 52.2 Å². The highest BCUT2D eigenvalue weighted by atomic mass is 14.9. The fourth-order valence-electron chi connectivity index (χ4n) is 1.24. The second-order valence-electron chi connectivity index (χ2n) is 3.18. The topological polar surface area (TPSA) is 12.0 Å². The molecule has 0 aliphatic rings. The van der Waals surface area contributed by atoms with Crippen LogP contribution in [0.3, 0.4) is 0 Å². The molecule has 80 valence electrons. The van der Waals surface area contributed by atoms with E-state index >= 15 is 0 Å². The smallest absolute Gasteiger partial charge is 0.0271 e. The van der Waals surface area contributed by atoms with Crippen LogP contribution in [0.1, 0.15) is 53.4 Å². The Morgan fingerprint density at radius 3 is 2.15 bits per heavy atom. The molecule has 0 rings (SSSR count). The molecule has 0 aliphatic heterocycles. The normalized spacial score (nSPS) is 11.5. The Bertz CT molecular complexity index is 108. The molecule has 13 heavy (non-hydrogen) atoms. The van der Waals surface area contributed by atoms with Gasteiger partial charge < -0.3 is 5.32 Å². The Morgan fingerprint density at radius 1 is 1.31 bits per heavy atom. The first-order valence-electron chi connectivity index (χ1n) is 5.55. The molecule has 0 aromatic carbocycles. The summed E-state index contributed by atoms with van der Waals surface area (Å²) in [4.78, 5) is 0. The van der Waals surface area contributed by atoms with Gasteiger partial charge in [0.25, 0.3) is 0 Å². The van der Waals surface area contributed by atoms with E-state index in [1.165, 1.54) is 31.3 Å². The summed E-state index contributed by atoms with van der Waals surface area (Å²) in [7, 11) is 2.01. The molecule has 0 fully saturated rings. The zero-order chi connectivity index (χ0) is 10.7. The van der Waals surface area contributed by atoms with Crippen molar-refractivity contribution in [1.29, 1.82) is 0 Å². The van der Waals surface area contributed by atoms with Crippen molar-refractivity contribution in [2.45, 2.75) is 59.4 Å². The summed E-state index contributed by atoms with van der Waals surface area (Å²) in [5.74, 6) is 0. The Labute approximate surface area is 84.6 Å². The van der Waals surface area contributed by atoms with Gasteiger partial charge >= 0.3 is 0 Å². The Hall–Kier alpha value is -0.300. The SMILES string of the molecule is C=C(C)C(CCCCC)NC.CC. The maximum atomic E-state index is 3.94. The molecule has 0 radical (unpaired) electrons. The van der Waals surface area contributed by atoms with Crippen LogP contribution in [0.15, 0.2) is 12.2 Å². The zero-order valence-electron chi connectivity index (χ0n) is 10.1. The number of hydrogen-bond donors (Lipinski definition) is 1. The van der Waals surface area contributed by atoms with E-state index in [0.717, 1.165) is 0 Å². The molecule has 0 amide bonds. The predicted molar refractivity (Wildman–Crippen MR) is 63.2 cm³/mol. The summed E-state index contributed by atoms with van der Waals surface area (Å²) in [6.45, 7) is 12.3. The van der Waals surface area contributed by atoms with Crippen molar-refractivity contribution in [2.24, 2.45) is 0 Å². The minimum absolute atomic E-state index is 0.529. The lowest BCUT2D eigenvalue weighted by atomic mass is 10.0. The van der Waals surface area contributed by atoms with Gasteiger partial charge in [0.05, 0.1) is 0 Å². The fourth-order valence-corrected chi connectivity index (χ4v) is 1.24. The Kier molecular flexibility index (Phi) is 13.7. The van der Waals surface area contributed by atoms with Gasteiger partial charge in [0.1, 0.15) is 0 Å². The molecule has 1 N–H and O–H groups in total. The molecular weight excluding hydrogens is 158 g/mol. The van der Waals surface area contributed by atoms with Gasteiger partial charge in [-0.3, -0.25) is 0 Å². The van der Waals surface area contributed by atoms with E-state index in [9.17, 15) is 0 Å². The Morgan fingerprint density at radius 2 is 1.85 bits per heavy atom. The van der Waals surface area contributed by atoms with Crippen LogP contribution in [0.25, 0.3) is 0 Å². The summed E-state index contributed by atoms with van der Waals surface area (Å²) >= 11 is 0. The van der Waals surface area contributed by atoms with Crippen LogP contribution in [-0.4, -0.2) is 13.1 Å². The second kappa shape index (κ2) is 11.7. The van der Waals surface area contributed by atoms with Crippen molar-refractivity contribution in [3.05, 3.63) is 12.2 Å². The van der Waals surface area contributed by atoms with Crippen LogP contribution in [0.5, 0.6) is 0 Å². The molecule has 0 aliphatic carbocycles. The van der Waals surface area contributed by atoms with Crippen LogP contribution in [0, 0.1) is 0 Å². The Balaban J connectivity index is 0. The minimum atomic E-state index is 0.529. The lowest BCUT2D eigenvalue weighted by Crippen LogP contribution is -2.25. The lowest BCUT2D eigenvalue weighted by molar-refractivity contribution is 0.544. The van der Waals surface area contributed by atoms with Crippen molar-refractivity contribution >= 4 is 0 Å². The highest BCUT2D eigenvalue weighted by molar-refractivity contribution is 5.00. The first kappa shape index (κ1) is 15.2. The average Bonchev–Trinajstić information content (AvgIpc) is 2.15. The van der Waals surface area contributed by atoms with Crippen LogP contribution < -0.4 is 5.32 Å². The van der Waals surface area contributed by atoms with Crippen molar-refractivity contribution in [3.63, 3.8) is 0 Å². The molecular formula is C12H27N. The van der Waals surface area contributed by atoms with Gasteiger partial charge in [-0.2, -0.15) is 0 Å².